The van der Waals surface area contributed by atoms with Crippen LogP contribution in [0.5, 0.6) is 0 Å². The Hall–Kier alpha value is -0.550. The van der Waals surface area contributed by atoms with Crippen LogP contribution in [0.3, 0.4) is 0 Å². The molecule has 2 aliphatic carbocycles. The molecule has 0 aromatic heterocycles. The van der Waals surface area contributed by atoms with Gasteiger partial charge in [-0.1, -0.05) is 65.2 Å². The largest absolute Gasteiger partial charge is 0.378 e. The maximum absolute atomic E-state index is 9.52. The summed E-state index contributed by atoms with van der Waals surface area (Å²) < 4.78 is 6.28. The third-order valence-electron chi connectivity index (χ3n) is 6.86. The van der Waals surface area contributed by atoms with Crippen LogP contribution in [0.4, 0.5) is 0 Å². The first-order valence-corrected chi connectivity index (χ1v) is 11.2. The van der Waals surface area contributed by atoms with Crippen LogP contribution in [0.1, 0.15) is 110 Å². The first-order valence-electron chi connectivity index (χ1n) is 11.2. The maximum atomic E-state index is 9.52. The van der Waals surface area contributed by atoms with Gasteiger partial charge in [-0.3, -0.25) is 0 Å². The highest BCUT2D eigenvalue weighted by atomic mass is 16.5. The van der Waals surface area contributed by atoms with Gasteiger partial charge in [-0.15, -0.1) is 0 Å². The van der Waals surface area contributed by atoms with Gasteiger partial charge in [0.25, 0.3) is 0 Å². The molecule has 2 aliphatic rings. The lowest BCUT2D eigenvalue weighted by Crippen LogP contribution is -2.31. The molecule has 144 valence electrons. The fraction of sp³-hybridized carbons (Fsp3) is 0.957. The normalized spacial score (nSPS) is 33.1. The molecule has 2 rings (SSSR count). The molecule has 0 bridgehead atoms. The van der Waals surface area contributed by atoms with Crippen molar-refractivity contribution < 1.29 is 4.74 Å². The minimum absolute atomic E-state index is 0.0373. The third kappa shape index (κ3) is 6.93. The number of nitriles is 1. The summed E-state index contributed by atoms with van der Waals surface area (Å²) in [7, 11) is 0. The van der Waals surface area contributed by atoms with Crippen molar-refractivity contribution in [3.63, 3.8) is 0 Å². The van der Waals surface area contributed by atoms with Crippen LogP contribution in [0.2, 0.25) is 0 Å². The molecule has 0 atom stereocenters. The average Bonchev–Trinajstić information content (AvgIpc) is 2.66. The summed E-state index contributed by atoms with van der Waals surface area (Å²) in [6, 6.07) is 2.62. The predicted molar refractivity (Wildman–Crippen MR) is 105 cm³/mol. The first kappa shape index (κ1) is 20.8. The van der Waals surface area contributed by atoms with Gasteiger partial charge in [0.1, 0.15) is 0 Å². The van der Waals surface area contributed by atoms with E-state index in [2.05, 4.69) is 19.9 Å². The molecule has 0 spiro atoms. The Morgan fingerprint density at radius 3 is 2.16 bits per heavy atom. The Labute approximate surface area is 156 Å². The van der Waals surface area contributed by atoms with Crippen LogP contribution in [0, 0.1) is 28.6 Å². The van der Waals surface area contributed by atoms with Gasteiger partial charge < -0.3 is 4.74 Å². The molecule has 0 aromatic rings. The Morgan fingerprint density at radius 2 is 1.56 bits per heavy atom. The van der Waals surface area contributed by atoms with E-state index in [0.29, 0.717) is 6.10 Å². The molecule has 2 heteroatoms. The monoisotopic (exact) mass is 347 g/mol. The number of rotatable bonds is 10. The zero-order valence-electron chi connectivity index (χ0n) is 16.9. The van der Waals surface area contributed by atoms with Gasteiger partial charge in [-0.25, -0.2) is 0 Å². The molecule has 0 amide bonds. The van der Waals surface area contributed by atoms with Gasteiger partial charge >= 0.3 is 0 Å². The van der Waals surface area contributed by atoms with E-state index in [-0.39, 0.29) is 5.41 Å². The number of ether oxygens (including phenoxy) is 1. The number of unbranched alkanes of at least 4 members (excludes halogenated alkanes) is 3. The van der Waals surface area contributed by atoms with E-state index >= 15 is 0 Å². The predicted octanol–water partition coefficient (Wildman–Crippen LogP) is 7.03. The fourth-order valence-electron chi connectivity index (χ4n) is 5.03. The quantitative estimate of drug-likeness (QED) is 0.397. The van der Waals surface area contributed by atoms with Crippen LogP contribution in [0.15, 0.2) is 0 Å². The highest BCUT2D eigenvalue weighted by Crippen LogP contribution is 2.41. The molecule has 2 saturated carbocycles. The first-order chi connectivity index (χ1) is 12.2. The summed E-state index contributed by atoms with van der Waals surface area (Å²) in [6.45, 7) is 5.46. The van der Waals surface area contributed by atoms with Gasteiger partial charge in [-0.05, 0) is 56.8 Å². The summed E-state index contributed by atoms with van der Waals surface area (Å²) in [4.78, 5) is 0. The second-order valence-electron chi connectivity index (χ2n) is 8.91. The smallest absolute Gasteiger partial charge is 0.0689 e. The lowest BCUT2D eigenvalue weighted by atomic mass is 9.71. The molecule has 0 aromatic carbocycles. The molecule has 0 aliphatic heterocycles. The molecule has 0 N–H and O–H groups in total. The zero-order chi connectivity index (χ0) is 18.0. The summed E-state index contributed by atoms with van der Waals surface area (Å²) in [6.07, 6.45) is 19.6. The molecule has 2 nitrogen and oxygen atoms in total. The Balaban J connectivity index is 1.57. The maximum Gasteiger partial charge on any atom is 0.0689 e. The number of hydrogen-bond acceptors (Lipinski definition) is 2. The topological polar surface area (TPSA) is 33.0 Å². The second kappa shape index (κ2) is 11.2. The van der Waals surface area contributed by atoms with Gasteiger partial charge in [0.15, 0.2) is 0 Å². The number of nitrogens with zero attached hydrogens (tertiary/aromatic N) is 1. The van der Waals surface area contributed by atoms with Crippen molar-refractivity contribution in [3.8, 4) is 6.07 Å². The van der Waals surface area contributed by atoms with Crippen molar-refractivity contribution in [3.05, 3.63) is 0 Å². The molecular formula is C23H41NO. The van der Waals surface area contributed by atoms with Gasteiger partial charge in [0, 0.05) is 6.61 Å². The third-order valence-corrected chi connectivity index (χ3v) is 6.86. The lowest BCUT2D eigenvalue weighted by molar-refractivity contribution is -0.0183. The summed E-state index contributed by atoms with van der Waals surface area (Å²) in [5.74, 6) is 1.79. The van der Waals surface area contributed by atoms with Gasteiger partial charge in [-0.2, -0.15) is 5.26 Å². The van der Waals surface area contributed by atoms with Crippen molar-refractivity contribution in [1.29, 1.82) is 5.26 Å². The molecule has 0 heterocycles. The van der Waals surface area contributed by atoms with E-state index in [0.717, 1.165) is 57.0 Å². The van der Waals surface area contributed by atoms with Gasteiger partial charge in [0.05, 0.1) is 17.6 Å². The van der Waals surface area contributed by atoms with Crippen molar-refractivity contribution in [2.75, 3.05) is 6.61 Å². The van der Waals surface area contributed by atoms with E-state index < -0.39 is 0 Å². The molecule has 0 saturated heterocycles. The van der Waals surface area contributed by atoms with Gasteiger partial charge in [0.2, 0.25) is 0 Å². The SMILES string of the molecule is CCCCCC[C@H]1CC[C@H](CO[C@H]2CC[C@@](C#N)(CCC)CC2)CC1. The molecule has 0 radical (unpaired) electrons. The second-order valence-corrected chi connectivity index (χ2v) is 8.91. The highest BCUT2D eigenvalue weighted by molar-refractivity contribution is 5.01. The van der Waals surface area contributed by atoms with Crippen LogP contribution in [-0.4, -0.2) is 12.7 Å². The van der Waals surface area contributed by atoms with Crippen LogP contribution in [0.25, 0.3) is 0 Å². The molecular weight excluding hydrogens is 306 g/mol. The summed E-state index contributed by atoms with van der Waals surface area (Å²) >= 11 is 0. The van der Waals surface area contributed by atoms with E-state index in [1.807, 2.05) is 0 Å². The van der Waals surface area contributed by atoms with E-state index in [1.165, 1.54) is 57.8 Å². The zero-order valence-corrected chi connectivity index (χ0v) is 16.9. The highest BCUT2D eigenvalue weighted by Gasteiger charge is 2.35. The number of hydrogen-bond donors (Lipinski definition) is 0. The Kier molecular flexibility index (Phi) is 9.32. The minimum Gasteiger partial charge on any atom is -0.378 e. The van der Waals surface area contributed by atoms with Crippen LogP contribution >= 0.6 is 0 Å². The van der Waals surface area contributed by atoms with Crippen molar-refractivity contribution in [2.24, 2.45) is 17.3 Å². The van der Waals surface area contributed by atoms with E-state index in [9.17, 15) is 5.26 Å². The van der Waals surface area contributed by atoms with Crippen molar-refractivity contribution >= 4 is 0 Å². The molecule has 2 fully saturated rings. The minimum atomic E-state index is -0.0373. The lowest BCUT2D eigenvalue weighted by Gasteiger charge is -2.36. The van der Waals surface area contributed by atoms with Crippen LogP contribution < -0.4 is 0 Å². The average molecular weight is 348 g/mol. The van der Waals surface area contributed by atoms with E-state index in [1.54, 1.807) is 0 Å². The Morgan fingerprint density at radius 1 is 0.880 bits per heavy atom. The molecule has 25 heavy (non-hydrogen) atoms. The summed E-state index contributed by atoms with van der Waals surface area (Å²) in [5.41, 5.74) is -0.0373. The van der Waals surface area contributed by atoms with Crippen molar-refractivity contribution in [1.82, 2.24) is 0 Å². The van der Waals surface area contributed by atoms with Crippen LogP contribution in [-0.2, 0) is 4.74 Å². The fourth-order valence-corrected chi connectivity index (χ4v) is 5.03. The standard InChI is InChI=1S/C23H41NO/c1-3-5-6-7-8-20-9-11-21(12-10-20)18-25-22-13-16-23(19-24,15-4-2)17-14-22/h20-22H,3-18H2,1-2H3/t20-,21-,22-,23-. The summed E-state index contributed by atoms with van der Waals surface area (Å²) in [5, 5.41) is 9.52. The van der Waals surface area contributed by atoms with Crippen molar-refractivity contribution in [2.45, 2.75) is 116 Å². The van der Waals surface area contributed by atoms with E-state index in [4.69, 9.17) is 4.74 Å². The Bertz CT molecular complexity index is 383. The molecule has 0 unspecified atom stereocenters.